The molecule has 1 saturated heterocycles. The van der Waals surface area contributed by atoms with Crippen LogP contribution in [0.15, 0.2) is 0 Å². The molecule has 0 aromatic rings. The van der Waals surface area contributed by atoms with E-state index in [1.54, 1.807) is 0 Å². The first-order valence-corrected chi connectivity index (χ1v) is 5.85. The average molecular weight is 194 g/mol. The molecule has 1 amide bonds. The highest BCUT2D eigenvalue weighted by Gasteiger charge is 2.45. The number of hydrogen-bond acceptors (Lipinski definition) is 2. The number of carbonyl (C=O) groups excluding carboxylic acids is 1. The van der Waals surface area contributed by atoms with E-state index in [4.69, 9.17) is 0 Å². The molecule has 3 rings (SSSR count). The summed E-state index contributed by atoms with van der Waals surface area (Å²) in [6.45, 7) is 1.75. The molecule has 0 aromatic heterocycles. The van der Waals surface area contributed by atoms with Crippen molar-refractivity contribution in [1.82, 2.24) is 10.6 Å². The minimum Gasteiger partial charge on any atom is -0.353 e. The Morgan fingerprint density at radius 3 is 2.71 bits per heavy atom. The summed E-state index contributed by atoms with van der Waals surface area (Å²) in [4.78, 5) is 11.7. The van der Waals surface area contributed by atoms with Gasteiger partial charge in [0.15, 0.2) is 0 Å². The zero-order chi connectivity index (χ0) is 9.54. The highest BCUT2D eigenvalue weighted by Crippen LogP contribution is 2.49. The monoisotopic (exact) mass is 194 g/mol. The Kier molecular flexibility index (Phi) is 2.01. The molecular formula is C11H18N2O. The van der Waals surface area contributed by atoms with Crippen LogP contribution in [0.1, 0.15) is 25.7 Å². The van der Waals surface area contributed by atoms with E-state index in [-0.39, 0.29) is 11.9 Å². The van der Waals surface area contributed by atoms with Crippen molar-refractivity contribution in [3.8, 4) is 0 Å². The predicted octanol–water partition coefficient (Wildman–Crippen LogP) is 0.511. The van der Waals surface area contributed by atoms with Gasteiger partial charge in [0.25, 0.3) is 0 Å². The Balaban J connectivity index is 1.72. The van der Waals surface area contributed by atoms with Crippen LogP contribution in [0, 0.1) is 17.8 Å². The van der Waals surface area contributed by atoms with Crippen LogP contribution in [0.5, 0.6) is 0 Å². The number of rotatable bonds is 1. The van der Waals surface area contributed by atoms with Crippen molar-refractivity contribution in [3.05, 3.63) is 0 Å². The normalized spacial score (nSPS) is 46.7. The Morgan fingerprint density at radius 2 is 2.07 bits per heavy atom. The quantitative estimate of drug-likeness (QED) is 0.638. The Labute approximate surface area is 84.6 Å². The highest BCUT2D eigenvalue weighted by atomic mass is 16.2. The van der Waals surface area contributed by atoms with Gasteiger partial charge < -0.3 is 10.6 Å². The minimum absolute atomic E-state index is 0.124. The van der Waals surface area contributed by atoms with Crippen LogP contribution in [0.2, 0.25) is 0 Å². The van der Waals surface area contributed by atoms with E-state index >= 15 is 0 Å². The molecule has 0 spiro atoms. The Morgan fingerprint density at radius 1 is 1.14 bits per heavy atom. The molecule has 3 nitrogen and oxygen atoms in total. The molecule has 0 aromatic carbocycles. The fourth-order valence-corrected chi connectivity index (χ4v) is 3.66. The van der Waals surface area contributed by atoms with Crippen LogP contribution in [0.25, 0.3) is 0 Å². The molecule has 4 atom stereocenters. The number of fused-ring (bicyclic) bond motifs is 2. The maximum atomic E-state index is 11.7. The van der Waals surface area contributed by atoms with Crippen LogP contribution < -0.4 is 10.6 Å². The second kappa shape index (κ2) is 3.23. The third kappa shape index (κ3) is 1.26. The first-order chi connectivity index (χ1) is 6.84. The fourth-order valence-electron chi connectivity index (χ4n) is 3.66. The van der Waals surface area contributed by atoms with Crippen molar-refractivity contribution in [2.75, 3.05) is 13.1 Å². The molecule has 2 N–H and O–H groups in total. The van der Waals surface area contributed by atoms with Gasteiger partial charge in [0.1, 0.15) is 0 Å². The van der Waals surface area contributed by atoms with Gasteiger partial charge in [0.05, 0.1) is 6.04 Å². The zero-order valence-corrected chi connectivity index (χ0v) is 8.46. The van der Waals surface area contributed by atoms with Crippen LogP contribution in [0.3, 0.4) is 0 Å². The molecule has 78 valence electrons. The van der Waals surface area contributed by atoms with Gasteiger partial charge in [0, 0.05) is 13.1 Å². The molecule has 1 aliphatic heterocycles. The number of nitrogens with one attached hydrogen (secondary N) is 2. The van der Waals surface area contributed by atoms with Crippen LogP contribution in [-0.4, -0.2) is 25.0 Å². The first-order valence-electron chi connectivity index (χ1n) is 5.85. The molecule has 0 radical (unpaired) electrons. The number of amides is 1. The first kappa shape index (κ1) is 8.72. The summed E-state index contributed by atoms with van der Waals surface area (Å²) in [6, 6.07) is 0.124. The van der Waals surface area contributed by atoms with Crippen molar-refractivity contribution in [2.24, 2.45) is 17.8 Å². The number of carbonyl (C=O) groups is 1. The van der Waals surface area contributed by atoms with Gasteiger partial charge in [-0.1, -0.05) is 6.42 Å². The van der Waals surface area contributed by atoms with E-state index < -0.39 is 0 Å². The van der Waals surface area contributed by atoms with Crippen molar-refractivity contribution >= 4 is 5.91 Å². The largest absolute Gasteiger partial charge is 0.353 e. The highest BCUT2D eigenvalue weighted by molar-refractivity contribution is 5.82. The zero-order valence-electron chi connectivity index (χ0n) is 8.46. The molecule has 2 saturated carbocycles. The van der Waals surface area contributed by atoms with E-state index in [0.717, 1.165) is 24.9 Å². The Bertz CT molecular complexity index is 254. The fraction of sp³-hybridized carbons (Fsp3) is 0.909. The summed E-state index contributed by atoms with van der Waals surface area (Å²) < 4.78 is 0. The van der Waals surface area contributed by atoms with Crippen LogP contribution in [0.4, 0.5) is 0 Å². The van der Waals surface area contributed by atoms with E-state index in [1.165, 1.54) is 25.7 Å². The van der Waals surface area contributed by atoms with Crippen molar-refractivity contribution < 1.29 is 4.79 Å². The second-order valence-corrected chi connectivity index (χ2v) is 5.06. The summed E-state index contributed by atoms with van der Waals surface area (Å²) in [5, 5.41) is 6.35. The van der Waals surface area contributed by atoms with Gasteiger partial charge in [-0.2, -0.15) is 0 Å². The van der Waals surface area contributed by atoms with Gasteiger partial charge in [-0.25, -0.2) is 0 Å². The lowest BCUT2D eigenvalue weighted by atomic mass is 9.82. The molecular weight excluding hydrogens is 176 g/mol. The summed E-state index contributed by atoms with van der Waals surface area (Å²) in [5.74, 6) is 2.64. The summed E-state index contributed by atoms with van der Waals surface area (Å²) in [6.07, 6.45) is 5.45. The minimum atomic E-state index is 0.124. The van der Waals surface area contributed by atoms with Crippen LogP contribution in [-0.2, 0) is 4.79 Å². The van der Waals surface area contributed by atoms with Crippen molar-refractivity contribution in [1.29, 1.82) is 0 Å². The smallest absolute Gasteiger partial charge is 0.237 e. The lowest BCUT2D eigenvalue weighted by Gasteiger charge is -2.33. The average Bonchev–Trinajstić information content (AvgIpc) is 2.79. The van der Waals surface area contributed by atoms with E-state index in [9.17, 15) is 4.79 Å². The molecule has 3 fully saturated rings. The second-order valence-electron chi connectivity index (χ2n) is 5.06. The third-order valence-electron chi connectivity index (χ3n) is 4.29. The van der Waals surface area contributed by atoms with Crippen molar-refractivity contribution in [3.63, 3.8) is 0 Å². The maximum absolute atomic E-state index is 11.7. The van der Waals surface area contributed by atoms with Gasteiger partial charge in [-0.15, -0.1) is 0 Å². The van der Waals surface area contributed by atoms with Gasteiger partial charge >= 0.3 is 0 Å². The SMILES string of the molecule is O=C1NCCNC1C1CC2CCC1C2. The van der Waals surface area contributed by atoms with Crippen molar-refractivity contribution in [2.45, 2.75) is 31.7 Å². The van der Waals surface area contributed by atoms with E-state index in [1.807, 2.05) is 0 Å². The lowest BCUT2D eigenvalue weighted by Crippen LogP contribution is -2.56. The van der Waals surface area contributed by atoms with Crippen LogP contribution >= 0.6 is 0 Å². The lowest BCUT2D eigenvalue weighted by molar-refractivity contribution is -0.126. The predicted molar refractivity (Wildman–Crippen MR) is 53.7 cm³/mol. The van der Waals surface area contributed by atoms with E-state index in [0.29, 0.717) is 5.92 Å². The Hall–Kier alpha value is -0.570. The molecule has 4 unspecified atom stereocenters. The number of piperazine rings is 1. The summed E-state index contributed by atoms with van der Waals surface area (Å²) in [7, 11) is 0. The van der Waals surface area contributed by atoms with Gasteiger partial charge in [0.2, 0.25) is 5.91 Å². The molecule has 3 aliphatic rings. The molecule has 2 aliphatic carbocycles. The van der Waals surface area contributed by atoms with E-state index in [2.05, 4.69) is 10.6 Å². The molecule has 14 heavy (non-hydrogen) atoms. The molecule has 1 heterocycles. The molecule has 3 heteroatoms. The number of hydrogen-bond donors (Lipinski definition) is 2. The maximum Gasteiger partial charge on any atom is 0.237 e. The topological polar surface area (TPSA) is 41.1 Å². The summed E-state index contributed by atoms with van der Waals surface area (Å²) in [5.41, 5.74) is 0. The third-order valence-corrected chi connectivity index (χ3v) is 4.29. The van der Waals surface area contributed by atoms with Gasteiger partial charge in [-0.05, 0) is 37.0 Å². The standard InChI is InChI=1S/C11H18N2O/c14-11-10(12-3-4-13-11)9-6-7-1-2-8(9)5-7/h7-10,12H,1-6H2,(H,13,14). The molecule has 2 bridgehead atoms. The van der Waals surface area contributed by atoms with Gasteiger partial charge in [-0.3, -0.25) is 4.79 Å². The summed E-state index contributed by atoms with van der Waals surface area (Å²) >= 11 is 0.